The van der Waals surface area contributed by atoms with Crippen LogP contribution in [0.4, 0.5) is 26.4 Å². The third-order valence-corrected chi connectivity index (χ3v) is 9.88. The van der Waals surface area contributed by atoms with E-state index in [1.165, 1.54) is 36.4 Å². The zero-order chi connectivity index (χ0) is 30.9. The number of nitrogens with one attached hydrogen (secondary N) is 2. The van der Waals surface area contributed by atoms with Crippen molar-refractivity contribution in [1.82, 2.24) is 9.88 Å². The number of nitrogens with zero attached hydrogens (tertiary/aromatic N) is 2. The minimum Gasteiger partial charge on any atom is -0.465 e. The number of nitrogen functional groups attached to an aromatic ring is 1. The third-order valence-electron chi connectivity index (χ3n) is 7.65. The maximum absolute atomic E-state index is 15.2. The van der Waals surface area contributed by atoms with Gasteiger partial charge in [0.05, 0.1) is 16.2 Å². The van der Waals surface area contributed by atoms with Gasteiger partial charge in [-0.15, -0.1) is 0 Å². The van der Waals surface area contributed by atoms with Crippen LogP contribution in [0.3, 0.4) is 0 Å². The van der Waals surface area contributed by atoms with Crippen molar-refractivity contribution in [2.24, 2.45) is 0 Å². The number of pyridine rings is 1. The fourth-order valence-electron chi connectivity index (χ4n) is 5.48. The van der Waals surface area contributed by atoms with Crippen molar-refractivity contribution in [3.05, 3.63) is 89.9 Å². The Kier molecular flexibility index (Phi) is 8.23. The van der Waals surface area contributed by atoms with E-state index in [2.05, 4.69) is 15.6 Å². The molecule has 224 valence electrons. The highest BCUT2D eigenvalue weighted by molar-refractivity contribution is 7.92. The van der Waals surface area contributed by atoms with E-state index >= 15 is 4.39 Å². The zero-order valence-electron chi connectivity index (χ0n) is 23.6. The smallest absolute Gasteiger partial charge is 0.409 e. The van der Waals surface area contributed by atoms with Gasteiger partial charge in [-0.3, -0.25) is 10.1 Å². The lowest BCUT2D eigenvalue weighted by molar-refractivity contribution is -0.133. The van der Waals surface area contributed by atoms with Crippen LogP contribution in [0, 0.1) is 5.82 Å². The molecule has 1 aliphatic rings. The molecule has 0 aliphatic carbocycles. The Morgan fingerprint density at radius 1 is 1.07 bits per heavy atom. The summed E-state index contributed by atoms with van der Waals surface area (Å²) >= 11 is 0. The molecule has 1 fully saturated rings. The van der Waals surface area contributed by atoms with Crippen molar-refractivity contribution in [3.63, 3.8) is 0 Å². The van der Waals surface area contributed by atoms with Gasteiger partial charge in [-0.1, -0.05) is 18.2 Å². The number of carboxylic acid groups (broad SMARTS) is 1. The predicted octanol–water partition coefficient (Wildman–Crippen LogP) is 5.75. The molecule has 0 spiro atoms. The molecule has 5 rings (SSSR count). The summed E-state index contributed by atoms with van der Waals surface area (Å²) in [5, 5.41) is 15.5. The van der Waals surface area contributed by atoms with Crippen LogP contribution < -0.4 is 16.4 Å². The summed E-state index contributed by atoms with van der Waals surface area (Å²) < 4.78 is 42.0. The molecule has 2 heterocycles. The van der Waals surface area contributed by atoms with Crippen LogP contribution >= 0.6 is 0 Å². The largest absolute Gasteiger partial charge is 0.465 e. The molecule has 1 saturated heterocycles. The van der Waals surface area contributed by atoms with Crippen molar-refractivity contribution in [2.75, 3.05) is 22.9 Å². The molecule has 2 atom stereocenters. The van der Waals surface area contributed by atoms with Crippen LogP contribution in [0.2, 0.25) is 0 Å². The summed E-state index contributed by atoms with van der Waals surface area (Å²) in [7, 11) is -3.80. The van der Waals surface area contributed by atoms with E-state index in [1.54, 1.807) is 55.3 Å². The number of rotatable bonds is 8. The van der Waals surface area contributed by atoms with Gasteiger partial charge in [0.2, 0.25) is 5.91 Å². The molecule has 3 aromatic carbocycles. The highest BCUT2D eigenvalue weighted by Crippen LogP contribution is 2.40. The lowest BCUT2D eigenvalue weighted by Crippen LogP contribution is -2.38. The molecule has 0 radical (unpaired) electrons. The average molecular weight is 606 g/mol. The van der Waals surface area contributed by atoms with E-state index in [4.69, 9.17) is 5.73 Å². The summed E-state index contributed by atoms with van der Waals surface area (Å²) in [5.74, 6) is -0.669. The van der Waals surface area contributed by atoms with Crippen molar-refractivity contribution in [1.29, 1.82) is 0 Å². The standard InChI is InChI=1S/C31H32FN5O5S/c1-18(2)43(41,42)27-12-10-21(36-31(39)40)17-24(27)26-8-5-15-37(26)30(38)28(23-6-3-4-7-25(23)32)35-20-9-11-22-19(16-20)13-14-34-29(22)33/h3-4,6-7,9-14,16-18,26,28,35-36H,5,8,15H2,1-2H3,(H2,33,34)(H,39,40)/t26-,28+/m1/s1. The van der Waals surface area contributed by atoms with E-state index in [-0.39, 0.29) is 16.1 Å². The fourth-order valence-corrected chi connectivity index (χ4v) is 6.77. The Labute approximate surface area is 248 Å². The summed E-state index contributed by atoms with van der Waals surface area (Å²) in [5.41, 5.74) is 7.16. The van der Waals surface area contributed by atoms with Crippen molar-refractivity contribution >= 4 is 49.8 Å². The molecule has 0 bridgehead atoms. The van der Waals surface area contributed by atoms with Crippen molar-refractivity contribution < 1.29 is 27.5 Å². The second kappa shape index (κ2) is 11.9. The van der Waals surface area contributed by atoms with Gasteiger partial charge in [-0.25, -0.2) is 22.6 Å². The number of anilines is 3. The van der Waals surface area contributed by atoms with E-state index in [1.807, 2.05) is 0 Å². The number of aromatic nitrogens is 1. The number of nitrogens with two attached hydrogens (primary N) is 1. The maximum Gasteiger partial charge on any atom is 0.409 e. The summed E-state index contributed by atoms with van der Waals surface area (Å²) in [4.78, 5) is 31.4. The van der Waals surface area contributed by atoms with E-state index in [0.29, 0.717) is 36.5 Å². The number of likely N-dealkylation sites (tertiary alicyclic amines) is 1. The first kappa shape index (κ1) is 29.8. The number of benzene rings is 3. The Morgan fingerprint density at radius 2 is 1.81 bits per heavy atom. The van der Waals surface area contributed by atoms with Gasteiger partial charge >= 0.3 is 6.09 Å². The first-order valence-electron chi connectivity index (χ1n) is 13.8. The number of hydrogen-bond acceptors (Lipinski definition) is 7. The first-order valence-corrected chi connectivity index (χ1v) is 15.4. The molecule has 1 aliphatic heterocycles. The number of halogens is 1. The fraction of sp³-hybridized carbons (Fsp3) is 0.258. The summed E-state index contributed by atoms with van der Waals surface area (Å²) in [6.45, 7) is 3.42. The van der Waals surface area contributed by atoms with Crippen LogP contribution in [0.15, 0.2) is 77.8 Å². The summed E-state index contributed by atoms with van der Waals surface area (Å²) in [6, 6.07) is 15.5. The number of amides is 2. The van der Waals surface area contributed by atoms with Crippen LogP contribution in [0.25, 0.3) is 10.8 Å². The Morgan fingerprint density at radius 3 is 2.53 bits per heavy atom. The van der Waals surface area contributed by atoms with Crippen LogP contribution in [-0.2, 0) is 14.6 Å². The lowest BCUT2D eigenvalue weighted by Gasteiger charge is -2.31. The molecule has 10 nitrogen and oxygen atoms in total. The average Bonchev–Trinajstić information content (AvgIpc) is 3.46. The molecule has 4 aromatic rings. The van der Waals surface area contributed by atoms with E-state index in [0.717, 1.165) is 10.8 Å². The number of carbonyl (C=O) groups is 2. The van der Waals surface area contributed by atoms with Crippen molar-refractivity contribution in [2.45, 2.75) is 48.9 Å². The van der Waals surface area contributed by atoms with Gasteiger partial charge in [0.15, 0.2) is 9.84 Å². The van der Waals surface area contributed by atoms with E-state index in [9.17, 15) is 23.1 Å². The summed E-state index contributed by atoms with van der Waals surface area (Å²) in [6.07, 6.45) is 1.28. The number of carbonyl (C=O) groups excluding carboxylic acids is 1. The SMILES string of the molecule is CC(C)S(=O)(=O)c1ccc(NC(=O)O)cc1[C@H]1CCCN1C(=O)[C@@H](Nc1ccc2c(N)nccc2c1)c1ccccc1F. The number of fused-ring (bicyclic) bond motifs is 1. The number of sulfone groups is 1. The van der Waals surface area contributed by atoms with Crippen LogP contribution in [0.5, 0.6) is 0 Å². The quantitative estimate of drug-likeness (QED) is 0.198. The minimum absolute atomic E-state index is 0.0271. The first-order chi connectivity index (χ1) is 20.5. The molecular weight excluding hydrogens is 573 g/mol. The van der Waals surface area contributed by atoms with Gasteiger partial charge in [0.1, 0.15) is 17.7 Å². The highest BCUT2D eigenvalue weighted by atomic mass is 32.2. The van der Waals surface area contributed by atoms with Gasteiger partial charge in [0, 0.05) is 35.1 Å². The van der Waals surface area contributed by atoms with Gasteiger partial charge < -0.3 is 21.1 Å². The van der Waals surface area contributed by atoms with Crippen LogP contribution in [-0.4, -0.2) is 47.2 Å². The van der Waals surface area contributed by atoms with Crippen molar-refractivity contribution in [3.8, 4) is 0 Å². The second-order valence-electron chi connectivity index (χ2n) is 10.7. The normalized spacial score (nSPS) is 15.9. The maximum atomic E-state index is 15.2. The van der Waals surface area contributed by atoms with Gasteiger partial charge in [0.25, 0.3) is 0 Å². The highest BCUT2D eigenvalue weighted by Gasteiger charge is 2.38. The predicted molar refractivity (Wildman–Crippen MR) is 163 cm³/mol. The molecule has 43 heavy (non-hydrogen) atoms. The minimum atomic E-state index is -3.80. The number of hydrogen-bond donors (Lipinski definition) is 4. The topological polar surface area (TPSA) is 155 Å². The molecule has 1 aromatic heterocycles. The van der Waals surface area contributed by atoms with Gasteiger partial charge in [-0.05, 0) is 86.2 Å². The van der Waals surface area contributed by atoms with Crippen LogP contribution in [0.1, 0.15) is 49.9 Å². The van der Waals surface area contributed by atoms with Gasteiger partial charge in [-0.2, -0.15) is 0 Å². The Bertz CT molecular complexity index is 1810. The molecule has 5 N–H and O–H groups in total. The molecule has 12 heteroatoms. The zero-order valence-corrected chi connectivity index (χ0v) is 24.4. The molecule has 0 unspecified atom stereocenters. The lowest BCUT2D eigenvalue weighted by atomic mass is 10.0. The Hall–Kier alpha value is -4.71. The molecule has 2 amide bonds. The second-order valence-corrected chi connectivity index (χ2v) is 13.2. The monoisotopic (exact) mass is 605 g/mol. The third kappa shape index (κ3) is 5.96. The van der Waals surface area contributed by atoms with E-state index < -0.39 is 45.0 Å². The molecular formula is C31H32FN5O5S. The Balaban J connectivity index is 1.58. The molecule has 0 saturated carbocycles.